The molecule has 0 aliphatic heterocycles. The zero-order valence-electron chi connectivity index (χ0n) is 38.2. The van der Waals surface area contributed by atoms with Gasteiger partial charge in [0, 0.05) is 21.0 Å². The van der Waals surface area contributed by atoms with Gasteiger partial charge in [-0.1, -0.05) is 168 Å². The average Bonchev–Trinajstić information content (AvgIpc) is 3.70. The van der Waals surface area contributed by atoms with E-state index in [1.165, 1.54) is 71.1 Å². The Kier molecular flexibility index (Phi) is 11.3. The van der Waals surface area contributed by atoms with Gasteiger partial charge >= 0.3 is 0 Å². The van der Waals surface area contributed by atoms with Gasteiger partial charge < -0.3 is 5.73 Å². The summed E-state index contributed by atoms with van der Waals surface area (Å²) in [4.78, 5) is 1.71. The van der Waals surface area contributed by atoms with Crippen molar-refractivity contribution in [3.8, 4) is 0 Å². The quantitative estimate of drug-likeness (QED) is 0.101. The predicted octanol–water partition coefficient (Wildman–Crippen LogP) is 14.0. The van der Waals surface area contributed by atoms with Crippen LogP contribution in [0.25, 0.3) is 0 Å². The number of hydrogen-bond donors (Lipinski definition) is 1. The van der Waals surface area contributed by atoms with Gasteiger partial charge in [-0.25, -0.2) is 0 Å². The molecule has 306 valence electrons. The zero-order valence-corrected chi connectivity index (χ0v) is 39.9. The van der Waals surface area contributed by atoms with E-state index in [0.717, 1.165) is 37.8 Å². The summed E-state index contributed by atoms with van der Waals surface area (Å²) in [6.45, 7) is 33.3. The van der Waals surface area contributed by atoms with Crippen LogP contribution in [0.3, 0.4) is 0 Å². The van der Waals surface area contributed by atoms with Crippen molar-refractivity contribution in [1.29, 1.82) is 0 Å². The van der Waals surface area contributed by atoms with Crippen LogP contribution < -0.4 is 16.3 Å². The molecule has 7 rings (SSSR count). The zero-order chi connectivity index (χ0) is 42.2. The van der Waals surface area contributed by atoms with Crippen LogP contribution >= 0.6 is 19.7 Å². The lowest BCUT2D eigenvalue weighted by molar-refractivity contribution is 0.505. The molecule has 0 amide bonds. The van der Waals surface area contributed by atoms with Crippen molar-refractivity contribution >= 4 is 36.0 Å². The Balaban J connectivity index is 1.54. The fourth-order valence-corrected chi connectivity index (χ4v) is 14.7. The van der Waals surface area contributed by atoms with Crippen molar-refractivity contribution in [2.24, 2.45) is 0 Å². The molecule has 5 aromatic carbocycles. The Bertz CT molecular complexity index is 2170. The summed E-state index contributed by atoms with van der Waals surface area (Å²) in [6, 6.07) is 36.3. The minimum absolute atomic E-state index is 0.0124. The largest absolute Gasteiger partial charge is 0.398 e. The molecule has 0 heterocycles. The van der Waals surface area contributed by atoms with Gasteiger partial charge in [0.1, 0.15) is 0 Å². The highest BCUT2D eigenvalue weighted by Crippen LogP contribution is 2.57. The molecule has 0 saturated heterocycles. The molecular formula is C55H70NPS. The molecular weight excluding hydrogens is 738 g/mol. The lowest BCUT2D eigenvalue weighted by Crippen LogP contribution is -2.29. The highest BCUT2D eigenvalue weighted by molar-refractivity contribution is 8.07. The molecule has 0 fully saturated rings. The van der Waals surface area contributed by atoms with E-state index in [1.807, 2.05) is 0 Å². The van der Waals surface area contributed by atoms with Crippen LogP contribution in [0.1, 0.15) is 157 Å². The van der Waals surface area contributed by atoms with E-state index < -0.39 is 7.92 Å². The highest BCUT2D eigenvalue weighted by atomic mass is 32.2. The van der Waals surface area contributed by atoms with Crippen molar-refractivity contribution < 1.29 is 0 Å². The summed E-state index contributed by atoms with van der Waals surface area (Å²) in [5.41, 5.74) is 24.0. The van der Waals surface area contributed by atoms with Crippen LogP contribution in [0, 0.1) is 13.8 Å². The van der Waals surface area contributed by atoms with Crippen molar-refractivity contribution in [3.63, 3.8) is 0 Å². The summed E-state index contributed by atoms with van der Waals surface area (Å²) < 4.78 is 0. The molecule has 2 N–H and O–H groups in total. The summed E-state index contributed by atoms with van der Waals surface area (Å²) in [5.74, 6) is 0. The molecule has 1 unspecified atom stereocenters. The lowest BCUT2D eigenvalue weighted by Gasteiger charge is -2.36. The van der Waals surface area contributed by atoms with Crippen LogP contribution in [0.15, 0.2) is 95.9 Å². The number of anilines is 1. The van der Waals surface area contributed by atoms with Gasteiger partial charge in [0.2, 0.25) is 0 Å². The van der Waals surface area contributed by atoms with Crippen molar-refractivity contribution in [2.45, 2.75) is 166 Å². The summed E-state index contributed by atoms with van der Waals surface area (Å²) in [6.07, 6.45) is 5.51. The molecule has 5 aromatic rings. The summed E-state index contributed by atoms with van der Waals surface area (Å²) >= 11 is 2.16. The molecule has 58 heavy (non-hydrogen) atoms. The van der Waals surface area contributed by atoms with Crippen LogP contribution in [-0.2, 0) is 46.3 Å². The number of rotatable bonds is 7. The molecule has 0 aromatic heterocycles. The lowest BCUT2D eigenvalue weighted by atomic mass is 9.74. The molecule has 0 saturated carbocycles. The molecule has 2 aliphatic rings. The van der Waals surface area contributed by atoms with Gasteiger partial charge in [-0.05, 0) is 153 Å². The second kappa shape index (κ2) is 15.3. The second-order valence-electron chi connectivity index (χ2n) is 21.8. The van der Waals surface area contributed by atoms with E-state index in [-0.39, 0.29) is 32.1 Å². The van der Waals surface area contributed by atoms with Crippen LogP contribution in [0.5, 0.6) is 0 Å². The fourth-order valence-electron chi connectivity index (χ4n) is 9.71. The number of benzene rings is 5. The maximum atomic E-state index is 6.97. The van der Waals surface area contributed by atoms with Gasteiger partial charge in [-0.15, -0.1) is 11.8 Å². The van der Waals surface area contributed by atoms with Crippen molar-refractivity contribution in [2.75, 3.05) is 5.73 Å². The number of fused-ring (bicyclic) bond motifs is 4. The Morgan fingerprint density at radius 1 is 0.569 bits per heavy atom. The third kappa shape index (κ3) is 8.24. The molecule has 1 spiro atoms. The standard InChI is InChI=1S/C55H70NPS/c1-35-18-15-19-36(2)50(35)58-47(28-39-22-16-20-37-24-26-55(48(37)39)27-25-38-21-17-23-46(56)49(38)55)57(44-31-40(51(3,4)5)29-41(32-44)52(6,7)8)45-33-42(53(9,10)11)30-43(34-45)54(12,13)14/h15-23,29-34,47H,24-28,56H2,1-14H3/t47?,55-/m1/s1. The monoisotopic (exact) mass is 807 g/mol. The SMILES string of the molecule is Cc1cccc(C)c1SC(Cc1cccc2c1[C@]1(CCc3cccc(N)c31)CC2)P(c1cc(C(C)(C)C)cc(C(C)(C)C)c1)c1cc(C(C)(C)C)cc(C(C)(C)C)c1. The van der Waals surface area contributed by atoms with Gasteiger partial charge in [0.25, 0.3) is 0 Å². The highest BCUT2D eigenvalue weighted by Gasteiger charge is 2.47. The van der Waals surface area contributed by atoms with Crippen molar-refractivity contribution in [3.05, 3.63) is 152 Å². The third-order valence-electron chi connectivity index (χ3n) is 13.2. The summed E-state index contributed by atoms with van der Waals surface area (Å²) in [5, 5.41) is 3.00. The topological polar surface area (TPSA) is 26.0 Å². The van der Waals surface area contributed by atoms with E-state index >= 15 is 0 Å². The minimum Gasteiger partial charge on any atom is -0.398 e. The smallest absolute Gasteiger partial charge is 0.0417 e. The van der Waals surface area contributed by atoms with Crippen LogP contribution in [-0.4, -0.2) is 4.99 Å². The Hall–Kier alpha value is -3.32. The molecule has 0 radical (unpaired) electrons. The van der Waals surface area contributed by atoms with Gasteiger partial charge in [0.05, 0.1) is 0 Å². The van der Waals surface area contributed by atoms with Crippen molar-refractivity contribution in [1.82, 2.24) is 0 Å². The first-order chi connectivity index (χ1) is 27.0. The van der Waals surface area contributed by atoms with E-state index in [9.17, 15) is 0 Å². The summed E-state index contributed by atoms with van der Waals surface area (Å²) in [7, 11) is -0.891. The predicted molar refractivity (Wildman–Crippen MR) is 258 cm³/mol. The molecule has 1 nitrogen and oxygen atoms in total. The normalized spacial score (nSPS) is 17.6. The van der Waals surface area contributed by atoms with E-state index in [0.29, 0.717) is 0 Å². The van der Waals surface area contributed by atoms with Gasteiger partial charge in [-0.2, -0.15) is 0 Å². The number of nitrogen functional groups attached to an aromatic ring is 1. The van der Waals surface area contributed by atoms with E-state index in [4.69, 9.17) is 5.73 Å². The van der Waals surface area contributed by atoms with Crippen LogP contribution in [0.4, 0.5) is 5.69 Å². The molecule has 0 bridgehead atoms. The van der Waals surface area contributed by atoms with Crippen LogP contribution in [0.2, 0.25) is 0 Å². The fraction of sp³-hybridized carbons (Fsp3) is 0.455. The molecule has 2 atom stereocenters. The first kappa shape index (κ1) is 42.8. The maximum Gasteiger partial charge on any atom is 0.0417 e. The average molecular weight is 808 g/mol. The second-order valence-corrected chi connectivity index (χ2v) is 25.8. The Morgan fingerprint density at radius 2 is 0.983 bits per heavy atom. The van der Waals surface area contributed by atoms with E-state index in [1.54, 1.807) is 5.56 Å². The Labute approximate surface area is 358 Å². The minimum atomic E-state index is -0.891. The number of hydrogen-bond acceptors (Lipinski definition) is 2. The number of thioether (sulfide) groups is 1. The van der Waals surface area contributed by atoms with Gasteiger partial charge in [-0.3, -0.25) is 0 Å². The third-order valence-corrected chi connectivity index (χ3v) is 17.9. The number of nitrogens with two attached hydrogens (primary N) is 1. The Morgan fingerprint density at radius 3 is 1.43 bits per heavy atom. The first-order valence-corrected chi connectivity index (χ1v) is 24.1. The number of aryl methyl sites for hydroxylation is 4. The first-order valence-electron chi connectivity index (χ1n) is 21.8. The van der Waals surface area contributed by atoms with E-state index in [2.05, 4.69) is 200 Å². The molecule has 3 heteroatoms. The molecule has 2 aliphatic carbocycles. The maximum absolute atomic E-state index is 6.97. The van der Waals surface area contributed by atoms with Gasteiger partial charge in [0.15, 0.2) is 0 Å².